The molecule has 34 heavy (non-hydrogen) atoms. The minimum Gasteiger partial charge on any atom is -0.441 e. The van der Waals surface area contributed by atoms with Crippen LogP contribution < -0.4 is 5.32 Å². The minimum absolute atomic E-state index is 0.0727. The number of aryl methyl sites for hydroxylation is 2. The van der Waals surface area contributed by atoms with E-state index >= 15 is 0 Å². The third-order valence-electron chi connectivity index (χ3n) is 5.51. The zero-order chi connectivity index (χ0) is 23.5. The molecule has 0 aliphatic carbocycles. The second-order valence-electron chi connectivity index (χ2n) is 8.06. The molecule has 0 saturated heterocycles. The van der Waals surface area contributed by atoms with Gasteiger partial charge < -0.3 is 14.3 Å². The molecule has 1 N–H and O–H groups in total. The van der Waals surface area contributed by atoms with Crippen LogP contribution in [-0.4, -0.2) is 26.2 Å². The second-order valence-corrected chi connectivity index (χ2v) is 9.00. The van der Waals surface area contributed by atoms with Gasteiger partial charge in [-0.3, -0.25) is 4.79 Å². The number of aromatic nitrogens is 3. The number of hydrogen-bond acceptors (Lipinski definition) is 5. The summed E-state index contributed by atoms with van der Waals surface area (Å²) >= 11 is 1.41. The molecule has 6 nitrogen and oxygen atoms in total. The Balaban J connectivity index is 1.38. The Kier molecular flexibility index (Phi) is 6.18. The van der Waals surface area contributed by atoms with Gasteiger partial charge in [-0.25, -0.2) is 9.97 Å². The summed E-state index contributed by atoms with van der Waals surface area (Å²) in [6.07, 6.45) is 0. The molecule has 7 heteroatoms. The molecular formula is C27H24N4O2S. The van der Waals surface area contributed by atoms with E-state index in [0.29, 0.717) is 12.4 Å². The summed E-state index contributed by atoms with van der Waals surface area (Å²) in [5.74, 6) is 1.55. The highest BCUT2D eigenvalue weighted by Gasteiger charge is 2.17. The van der Waals surface area contributed by atoms with Crippen LogP contribution in [0.4, 0.5) is 5.69 Å². The van der Waals surface area contributed by atoms with Crippen LogP contribution in [-0.2, 0) is 11.3 Å². The number of amides is 1. The third kappa shape index (κ3) is 4.75. The van der Waals surface area contributed by atoms with Gasteiger partial charge in [-0.2, -0.15) is 0 Å². The van der Waals surface area contributed by atoms with E-state index in [0.717, 1.165) is 44.5 Å². The maximum absolute atomic E-state index is 12.6. The van der Waals surface area contributed by atoms with Gasteiger partial charge in [0.25, 0.3) is 0 Å². The molecule has 0 atom stereocenters. The van der Waals surface area contributed by atoms with Crippen molar-refractivity contribution in [3.05, 3.63) is 95.9 Å². The van der Waals surface area contributed by atoms with E-state index in [2.05, 4.69) is 9.88 Å². The smallest absolute Gasteiger partial charge is 0.234 e. The number of oxazole rings is 1. The van der Waals surface area contributed by atoms with Gasteiger partial charge in [0.05, 0.1) is 23.3 Å². The Hall–Kier alpha value is -3.84. The highest BCUT2D eigenvalue weighted by atomic mass is 32.2. The number of rotatable bonds is 7. The monoisotopic (exact) mass is 468 g/mol. The Morgan fingerprint density at radius 1 is 0.941 bits per heavy atom. The fraction of sp³-hybridized carbons (Fsp3) is 0.148. The van der Waals surface area contributed by atoms with Crippen LogP contribution in [0.25, 0.3) is 22.5 Å². The fourth-order valence-electron chi connectivity index (χ4n) is 3.71. The number of imidazole rings is 1. The molecule has 5 aromatic rings. The number of carbonyl (C=O) groups excluding carboxylic acids is 1. The Labute approximate surface area is 202 Å². The third-order valence-corrected chi connectivity index (χ3v) is 6.48. The molecule has 3 aromatic carbocycles. The first-order chi connectivity index (χ1) is 16.6. The number of para-hydroxylation sites is 2. The number of benzene rings is 3. The molecule has 0 unspecified atom stereocenters. The number of anilines is 1. The zero-order valence-electron chi connectivity index (χ0n) is 19.0. The molecule has 0 aliphatic rings. The number of nitrogens with one attached hydrogen (secondary N) is 1. The van der Waals surface area contributed by atoms with E-state index < -0.39 is 0 Å². The van der Waals surface area contributed by atoms with Gasteiger partial charge in [0.1, 0.15) is 11.5 Å². The van der Waals surface area contributed by atoms with E-state index in [-0.39, 0.29) is 11.7 Å². The SMILES string of the molecule is Cc1ccc(NC(=O)CSc2nc3ccccc3n2Cc2nc(-c3ccccc3)oc2C)cc1. The summed E-state index contributed by atoms with van der Waals surface area (Å²) in [6, 6.07) is 25.6. The second kappa shape index (κ2) is 9.57. The van der Waals surface area contributed by atoms with Crippen molar-refractivity contribution < 1.29 is 9.21 Å². The largest absolute Gasteiger partial charge is 0.441 e. The van der Waals surface area contributed by atoms with Gasteiger partial charge >= 0.3 is 0 Å². The molecule has 1 amide bonds. The molecule has 0 fully saturated rings. The summed E-state index contributed by atoms with van der Waals surface area (Å²) < 4.78 is 8.05. The maximum atomic E-state index is 12.6. The van der Waals surface area contributed by atoms with Crippen molar-refractivity contribution in [1.82, 2.24) is 14.5 Å². The summed E-state index contributed by atoms with van der Waals surface area (Å²) in [5.41, 5.74) is 5.60. The average Bonchev–Trinajstić information content (AvgIpc) is 3.40. The van der Waals surface area contributed by atoms with Crippen LogP contribution in [0, 0.1) is 13.8 Å². The number of carbonyl (C=O) groups is 1. The van der Waals surface area contributed by atoms with Gasteiger partial charge in [-0.15, -0.1) is 0 Å². The Morgan fingerprint density at radius 2 is 1.68 bits per heavy atom. The van der Waals surface area contributed by atoms with Gasteiger partial charge in [-0.05, 0) is 50.2 Å². The topological polar surface area (TPSA) is 73.0 Å². The van der Waals surface area contributed by atoms with Gasteiger partial charge in [0.15, 0.2) is 5.16 Å². The van der Waals surface area contributed by atoms with Gasteiger partial charge in [-0.1, -0.05) is 59.8 Å². The molecule has 0 bridgehead atoms. The lowest BCUT2D eigenvalue weighted by Crippen LogP contribution is -2.14. The highest BCUT2D eigenvalue weighted by Crippen LogP contribution is 2.28. The van der Waals surface area contributed by atoms with E-state index in [4.69, 9.17) is 14.4 Å². The molecule has 2 heterocycles. The number of fused-ring (bicyclic) bond motifs is 1. The summed E-state index contributed by atoms with van der Waals surface area (Å²) in [4.78, 5) is 22.1. The molecule has 0 saturated carbocycles. The Morgan fingerprint density at radius 3 is 2.47 bits per heavy atom. The van der Waals surface area contributed by atoms with Gasteiger partial charge in [0.2, 0.25) is 11.8 Å². The molecule has 0 spiro atoms. The van der Waals surface area contributed by atoms with Crippen LogP contribution in [0.2, 0.25) is 0 Å². The van der Waals surface area contributed by atoms with E-state index in [1.54, 1.807) is 0 Å². The molecular weight excluding hydrogens is 444 g/mol. The van der Waals surface area contributed by atoms with E-state index in [1.807, 2.05) is 92.7 Å². The first-order valence-corrected chi connectivity index (χ1v) is 12.0. The van der Waals surface area contributed by atoms with Crippen LogP contribution in [0.1, 0.15) is 17.0 Å². The quantitative estimate of drug-likeness (QED) is 0.293. The van der Waals surface area contributed by atoms with Gasteiger partial charge in [0, 0.05) is 11.3 Å². The van der Waals surface area contributed by atoms with Crippen molar-refractivity contribution in [3.63, 3.8) is 0 Å². The zero-order valence-corrected chi connectivity index (χ0v) is 19.8. The first-order valence-electron chi connectivity index (χ1n) is 11.0. The van der Waals surface area contributed by atoms with Crippen molar-refractivity contribution in [2.24, 2.45) is 0 Å². The lowest BCUT2D eigenvalue weighted by atomic mass is 10.2. The van der Waals surface area contributed by atoms with Crippen molar-refractivity contribution in [2.75, 3.05) is 11.1 Å². The Bertz CT molecular complexity index is 1440. The molecule has 5 rings (SSSR count). The maximum Gasteiger partial charge on any atom is 0.234 e. The van der Waals surface area contributed by atoms with Crippen LogP contribution in [0.5, 0.6) is 0 Å². The van der Waals surface area contributed by atoms with Crippen LogP contribution >= 0.6 is 11.8 Å². The normalized spacial score (nSPS) is 11.1. The highest BCUT2D eigenvalue weighted by molar-refractivity contribution is 7.99. The van der Waals surface area contributed by atoms with E-state index in [9.17, 15) is 4.79 Å². The average molecular weight is 469 g/mol. The fourth-order valence-corrected chi connectivity index (χ4v) is 4.52. The minimum atomic E-state index is -0.0727. The van der Waals surface area contributed by atoms with Crippen LogP contribution in [0.3, 0.4) is 0 Å². The van der Waals surface area contributed by atoms with Crippen molar-refractivity contribution in [1.29, 1.82) is 0 Å². The van der Waals surface area contributed by atoms with Crippen LogP contribution in [0.15, 0.2) is 88.4 Å². The lowest BCUT2D eigenvalue weighted by molar-refractivity contribution is -0.113. The molecule has 0 radical (unpaired) electrons. The van der Waals surface area contributed by atoms with Crippen molar-refractivity contribution in [3.8, 4) is 11.5 Å². The summed E-state index contributed by atoms with van der Waals surface area (Å²) in [7, 11) is 0. The molecule has 170 valence electrons. The predicted octanol–water partition coefficient (Wildman–Crippen LogP) is 6.09. The summed E-state index contributed by atoms with van der Waals surface area (Å²) in [6.45, 7) is 4.45. The van der Waals surface area contributed by atoms with Crippen molar-refractivity contribution >= 4 is 34.4 Å². The summed E-state index contributed by atoms with van der Waals surface area (Å²) in [5, 5.41) is 3.72. The standard InChI is InChI=1S/C27H24N4O2S/c1-18-12-14-21(15-13-18)28-25(32)17-34-27-30-22-10-6-7-11-24(22)31(27)16-23-19(2)33-26(29-23)20-8-4-3-5-9-20/h3-15H,16-17H2,1-2H3,(H,28,32). The number of hydrogen-bond donors (Lipinski definition) is 1. The van der Waals surface area contributed by atoms with E-state index in [1.165, 1.54) is 11.8 Å². The lowest BCUT2D eigenvalue weighted by Gasteiger charge is -2.08. The molecule has 2 aromatic heterocycles. The van der Waals surface area contributed by atoms with Crippen molar-refractivity contribution in [2.45, 2.75) is 25.5 Å². The first kappa shape index (κ1) is 22.0. The molecule has 0 aliphatic heterocycles. The predicted molar refractivity (Wildman–Crippen MR) is 136 cm³/mol. The number of nitrogens with zero attached hydrogens (tertiary/aromatic N) is 3. The number of thioether (sulfide) groups is 1.